The standard InChI is InChI=1S/C28H34N2O5/c1-17-22(11-18-12-25(34-5)28(2,32)26(13-18)35-6)21-8-7-20(33-4)14-24(21)23(17)15-27(31)29-19-9-10-30(3)16-19/h7-8,11-15,19,32H,9-10,16H2,1-6H3,(H,29,31). The lowest BCUT2D eigenvalue weighted by atomic mass is 9.91. The first-order valence-corrected chi connectivity index (χ1v) is 11.7. The molecular weight excluding hydrogens is 444 g/mol. The third-order valence-electron chi connectivity index (χ3n) is 6.93. The van der Waals surface area contributed by atoms with E-state index in [0.717, 1.165) is 58.7 Å². The van der Waals surface area contributed by atoms with Crippen LogP contribution >= 0.6 is 0 Å². The number of likely N-dealkylation sites (N-methyl/N-ethyl adjacent to an activating group) is 1. The van der Waals surface area contributed by atoms with Gasteiger partial charge in [-0.15, -0.1) is 0 Å². The van der Waals surface area contributed by atoms with Gasteiger partial charge in [0.1, 0.15) is 17.3 Å². The molecule has 1 atom stereocenters. The number of rotatable bonds is 6. The molecule has 1 heterocycles. The first-order valence-electron chi connectivity index (χ1n) is 11.7. The summed E-state index contributed by atoms with van der Waals surface area (Å²) >= 11 is 0. The average molecular weight is 479 g/mol. The number of nitrogens with zero attached hydrogens (tertiary/aromatic N) is 1. The van der Waals surface area contributed by atoms with Crippen LogP contribution in [0.2, 0.25) is 0 Å². The van der Waals surface area contributed by atoms with Crippen molar-refractivity contribution >= 4 is 17.1 Å². The lowest BCUT2D eigenvalue weighted by Crippen LogP contribution is -2.35. The molecule has 1 saturated heterocycles. The lowest BCUT2D eigenvalue weighted by Gasteiger charge is -2.30. The fourth-order valence-corrected chi connectivity index (χ4v) is 4.97. The summed E-state index contributed by atoms with van der Waals surface area (Å²) in [4.78, 5) is 15.2. The molecule has 1 amide bonds. The van der Waals surface area contributed by atoms with Crippen molar-refractivity contribution < 1.29 is 24.1 Å². The van der Waals surface area contributed by atoms with Crippen LogP contribution in [0.3, 0.4) is 0 Å². The van der Waals surface area contributed by atoms with Crippen molar-refractivity contribution in [1.82, 2.24) is 10.2 Å². The van der Waals surface area contributed by atoms with E-state index in [9.17, 15) is 9.90 Å². The minimum absolute atomic E-state index is 0.0980. The number of methoxy groups -OCH3 is 3. The minimum atomic E-state index is -1.34. The van der Waals surface area contributed by atoms with E-state index in [-0.39, 0.29) is 11.9 Å². The van der Waals surface area contributed by atoms with Gasteiger partial charge in [0.15, 0.2) is 5.60 Å². The summed E-state index contributed by atoms with van der Waals surface area (Å²) in [6.07, 6.45) is 8.27. The normalized spacial score (nSPS) is 25.3. The maximum atomic E-state index is 12.9. The van der Waals surface area contributed by atoms with E-state index in [1.165, 1.54) is 14.2 Å². The van der Waals surface area contributed by atoms with Gasteiger partial charge in [-0.3, -0.25) is 4.79 Å². The molecule has 1 aromatic carbocycles. The van der Waals surface area contributed by atoms with Crippen molar-refractivity contribution in [3.8, 4) is 5.75 Å². The van der Waals surface area contributed by atoms with E-state index >= 15 is 0 Å². The molecule has 1 aliphatic heterocycles. The van der Waals surface area contributed by atoms with Gasteiger partial charge in [-0.1, -0.05) is 6.07 Å². The van der Waals surface area contributed by atoms with Crippen molar-refractivity contribution in [1.29, 1.82) is 0 Å². The second-order valence-electron chi connectivity index (χ2n) is 9.41. The van der Waals surface area contributed by atoms with Crippen molar-refractivity contribution in [3.63, 3.8) is 0 Å². The average Bonchev–Trinajstić information content (AvgIpc) is 3.34. The van der Waals surface area contributed by atoms with Crippen LogP contribution in [0.4, 0.5) is 0 Å². The predicted molar refractivity (Wildman–Crippen MR) is 137 cm³/mol. The van der Waals surface area contributed by atoms with Crippen LogP contribution in [-0.4, -0.2) is 69.0 Å². The number of fused-ring (bicyclic) bond motifs is 1. The van der Waals surface area contributed by atoms with Gasteiger partial charge in [0.05, 0.1) is 21.3 Å². The Labute approximate surface area is 207 Å². The fraction of sp³-hybridized carbons (Fsp3) is 0.393. The van der Waals surface area contributed by atoms with Gasteiger partial charge in [0.25, 0.3) is 0 Å². The molecule has 4 rings (SSSR count). The Balaban J connectivity index is 1.76. The number of carbonyl (C=O) groups is 1. The maximum absolute atomic E-state index is 12.9. The maximum Gasteiger partial charge on any atom is 0.244 e. The van der Waals surface area contributed by atoms with E-state index in [0.29, 0.717) is 11.5 Å². The molecule has 0 bridgehead atoms. The van der Waals surface area contributed by atoms with Crippen molar-refractivity contribution in [2.45, 2.75) is 31.9 Å². The number of allylic oxidation sites excluding steroid dienone is 7. The number of amides is 1. The summed E-state index contributed by atoms with van der Waals surface area (Å²) in [5.74, 6) is 1.42. The Hall–Kier alpha value is -3.29. The summed E-state index contributed by atoms with van der Waals surface area (Å²) in [7, 11) is 6.75. The smallest absolute Gasteiger partial charge is 0.244 e. The molecule has 2 N–H and O–H groups in total. The zero-order chi connectivity index (χ0) is 25.3. The Morgan fingerprint density at radius 2 is 1.83 bits per heavy atom. The van der Waals surface area contributed by atoms with Crippen LogP contribution in [-0.2, 0) is 14.3 Å². The molecule has 0 saturated carbocycles. The quantitative estimate of drug-likeness (QED) is 0.610. The molecule has 1 unspecified atom stereocenters. The van der Waals surface area contributed by atoms with Gasteiger partial charge in [-0.25, -0.2) is 0 Å². The number of hydrogen-bond donors (Lipinski definition) is 2. The molecule has 0 radical (unpaired) electrons. The summed E-state index contributed by atoms with van der Waals surface area (Å²) in [5.41, 5.74) is 4.26. The summed E-state index contributed by atoms with van der Waals surface area (Å²) in [6, 6.07) is 6.05. The molecule has 7 heteroatoms. The molecule has 186 valence electrons. The minimum Gasteiger partial charge on any atom is -0.498 e. The number of benzene rings is 1. The molecular formula is C28H34N2O5. The highest BCUT2D eigenvalue weighted by molar-refractivity contribution is 6.09. The van der Waals surface area contributed by atoms with E-state index in [2.05, 4.69) is 17.3 Å². The van der Waals surface area contributed by atoms with E-state index in [1.54, 1.807) is 32.3 Å². The highest BCUT2D eigenvalue weighted by Crippen LogP contribution is 2.44. The van der Waals surface area contributed by atoms with E-state index in [4.69, 9.17) is 14.2 Å². The Morgan fingerprint density at radius 1 is 1.14 bits per heavy atom. The first kappa shape index (κ1) is 24.8. The van der Waals surface area contributed by atoms with Gasteiger partial charge in [0, 0.05) is 18.7 Å². The van der Waals surface area contributed by atoms with Crippen molar-refractivity contribution in [2.75, 3.05) is 41.5 Å². The molecule has 2 aliphatic carbocycles. The van der Waals surface area contributed by atoms with Gasteiger partial charge >= 0.3 is 0 Å². The monoisotopic (exact) mass is 478 g/mol. The van der Waals surface area contributed by atoms with Gasteiger partial charge < -0.3 is 29.5 Å². The van der Waals surface area contributed by atoms with Crippen LogP contribution in [0.25, 0.3) is 11.1 Å². The zero-order valence-corrected chi connectivity index (χ0v) is 21.3. The lowest BCUT2D eigenvalue weighted by molar-refractivity contribution is -0.117. The van der Waals surface area contributed by atoms with E-state index in [1.807, 2.05) is 31.2 Å². The molecule has 0 aromatic heterocycles. The van der Waals surface area contributed by atoms with Crippen LogP contribution < -0.4 is 10.1 Å². The summed E-state index contributed by atoms with van der Waals surface area (Å²) < 4.78 is 16.4. The third kappa shape index (κ3) is 4.79. The zero-order valence-electron chi connectivity index (χ0n) is 21.3. The molecule has 35 heavy (non-hydrogen) atoms. The number of hydrogen-bond acceptors (Lipinski definition) is 6. The Morgan fingerprint density at radius 3 is 2.40 bits per heavy atom. The van der Waals surface area contributed by atoms with Crippen molar-refractivity contribution in [2.24, 2.45) is 0 Å². The Bertz CT molecular complexity index is 1160. The number of nitrogens with one attached hydrogen (secondary N) is 1. The second kappa shape index (κ2) is 9.76. The summed E-state index contributed by atoms with van der Waals surface area (Å²) in [6.45, 7) is 5.50. The number of ether oxygens (including phenoxy) is 3. The molecule has 0 spiro atoms. The van der Waals surface area contributed by atoms with E-state index < -0.39 is 5.60 Å². The molecule has 7 nitrogen and oxygen atoms in total. The molecule has 1 aromatic rings. The first-order chi connectivity index (χ1) is 16.7. The third-order valence-corrected chi connectivity index (χ3v) is 6.93. The highest BCUT2D eigenvalue weighted by Gasteiger charge is 2.36. The van der Waals surface area contributed by atoms with Gasteiger partial charge in [-0.2, -0.15) is 0 Å². The molecule has 3 aliphatic rings. The van der Waals surface area contributed by atoms with Gasteiger partial charge in [0.2, 0.25) is 5.91 Å². The number of carbonyl (C=O) groups excluding carboxylic acids is 1. The van der Waals surface area contributed by atoms with Gasteiger partial charge in [-0.05, 0) is 97.6 Å². The van der Waals surface area contributed by atoms with Crippen LogP contribution in [0, 0.1) is 0 Å². The topological polar surface area (TPSA) is 80.3 Å². The van der Waals surface area contributed by atoms with Crippen LogP contribution in [0.1, 0.15) is 31.4 Å². The highest BCUT2D eigenvalue weighted by atomic mass is 16.5. The largest absolute Gasteiger partial charge is 0.498 e. The summed E-state index contributed by atoms with van der Waals surface area (Å²) in [5, 5.41) is 14.0. The fourth-order valence-electron chi connectivity index (χ4n) is 4.97. The second-order valence-corrected chi connectivity index (χ2v) is 9.41. The van der Waals surface area contributed by atoms with Crippen LogP contribution in [0.5, 0.6) is 5.75 Å². The van der Waals surface area contributed by atoms with Crippen LogP contribution in [0.15, 0.2) is 65.2 Å². The SMILES string of the molecule is COC1=CC(=CC2=C(C)C(=CC(=O)NC3CCN(C)C3)c3cc(OC)ccc32)C=C(OC)C1(C)O. The predicted octanol–water partition coefficient (Wildman–Crippen LogP) is 3.44. The number of likely N-dealkylation sites (tertiary alicyclic amines) is 1. The molecule has 1 fully saturated rings. The van der Waals surface area contributed by atoms with Crippen molar-refractivity contribution in [3.05, 3.63) is 76.3 Å². The number of aliphatic hydroxyl groups is 1. The Kier molecular flexibility index (Phi) is 6.92.